The van der Waals surface area contributed by atoms with Gasteiger partial charge in [-0.25, -0.2) is 13.6 Å². The molecule has 1 aromatic heterocycles. The first-order valence-electron chi connectivity index (χ1n) is 8.53. The number of primary sulfonamides is 1. The summed E-state index contributed by atoms with van der Waals surface area (Å²) in [6.45, 7) is 9.68. The van der Waals surface area contributed by atoms with Crippen molar-refractivity contribution in [1.29, 1.82) is 0 Å². The molecule has 26 heavy (non-hydrogen) atoms. The standard InChI is InChI=1S/C16H13NO4S.2C2H6/c1-10-15(18)13-4-2-3-5-14(13)21-16(10)11-6-8-12(9-7-11)22(17,19)20;2*1-2/h2-9H,1H3,(H2,17,19,20);2*1-2H3. The zero-order valence-electron chi connectivity index (χ0n) is 15.7. The Balaban J connectivity index is 0.000000791. The SMILES string of the molecule is CC.CC.Cc1c(-c2ccc(S(N)(=O)=O)cc2)oc2ccccc2c1=O. The number of hydrogen-bond acceptors (Lipinski definition) is 4. The molecule has 0 fully saturated rings. The summed E-state index contributed by atoms with van der Waals surface area (Å²) in [7, 11) is -3.75. The molecule has 6 heteroatoms. The highest BCUT2D eigenvalue weighted by molar-refractivity contribution is 7.89. The van der Waals surface area contributed by atoms with E-state index in [2.05, 4.69) is 0 Å². The van der Waals surface area contributed by atoms with Gasteiger partial charge in [0.25, 0.3) is 0 Å². The third-order valence-corrected chi connectivity index (χ3v) is 4.40. The average molecular weight is 375 g/mol. The summed E-state index contributed by atoms with van der Waals surface area (Å²) in [5.74, 6) is 0.421. The zero-order chi connectivity index (χ0) is 19.9. The summed E-state index contributed by atoms with van der Waals surface area (Å²) in [4.78, 5) is 12.4. The predicted molar refractivity (Wildman–Crippen MR) is 107 cm³/mol. The van der Waals surface area contributed by atoms with E-state index in [1.165, 1.54) is 12.1 Å². The minimum Gasteiger partial charge on any atom is -0.456 e. The Bertz CT molecular complexity index is 1020. The maximum atomic E-state index is 12.4. The summed E-state index contributed by atoms with van der Waals surface area (Å²) in [6, 6.07) is 12.9. The Morgan fingerprint density at radius 1 is 0.885 bits per heavy atom. The van der Waals surface area contributed by atoms with Gasteiger partial charge in [-0.3, -0.25) is 4.79 Å². The quantitative estimate of drug-likeness (QED) is 0.715. The number of benzene rings is 2. The highest BCUT2D eigenvalue weighted by Crippen LogP contribution is 2.26. The molecular weight excluding hydrogens is 350 g/mol. The van der Waals surface area contributed by atoms with E-state index < -0.39 is 10.0 Å². The average Bonchev–Trinajstić information content (AvgIpc) is 2.67. The first kappa shape index (κ1) is 21.6. The van der Waals surface area contributed by atoms with Crippen LogP contribution in [0.25, 0.3) is 22.3 Å². The van der Waals surface area contributed by atoms with Crippen LogP contribution in [0.2, 0.25) is 0 Å². The smallest absolute Gasteiger partial charge is 0.238 e. The van der Waals surface area contributed by atoms with Crippen LogP contribution in [-0.4, -0.2) is 8.42 Å². The molecular formula is C20H25NO4S. The number of sulfonamides is 1. The molecule has 2 aromatic carbocycles. The van der Waals surface area contributed by atoms with E-state index in [9.17, 15) is 13.2 Å². The molecule has 0 saturated heterocycles. The predicted octanol–water partition coefficient (Wildman–Crippen LogP) is 4.47. The van der Waals surface area contributed by atoms with Crippen LogP contribution in [0, 0.1) is 6.92 Å². The lowest BCUT2D eigenvalue weighted by Gasteiger charge is -2.07. The van der Waals surface area contributed by atoms with Crippen molar-refractivity contribution in [1.82, 2.24) is 0 Å². The molecule has 2 N–H and O–H groups in total. The van der Waals surface area contributed by atoms with Crippen molar-refractivity contribution in [2.45, 2.75) is 39.5 Å². The summed E-state index contributed by atoms with van der Waals surface area (Å²) < 4.78 is 28.4. The van der Waals surface area contributed by atoms with Crippen molar-refractivity contribution in [2.75, 3.05) is 0 Å². The Morgan fingerprint density at radius 3 is 1.96 bits per heavy atom. The van der Waals surface area contributed by atoms with Crippen LogP contribution < -0.4 is 10.6 Å². The van der Waals surface area contributed by atoms with Crippen LogP contribution in [0.15, 0.2) is 62.6 Å². The summed E-state index contributed by atoms with van der Waals surface area (Å²) in [6.07, 6.45) is 0. The van der Waals surface area contributed by atoms with Gasteiger partial charge in [0.05, 0.1) is 10.3 Å². The summed E-state index contributed by atoms with van der Waals surface area (Å²) in [5, 5.41) is 5.59. The molecule has 0 unspecified atom stereocenters. The number of hydrogen-bond donors (Lipinski definition) is 1. The second kappa shape index (κ2) is 9.31. The van der Waals surface area contributed by atoms with E-state index in [0.717, 1.165) is 0 Å². The van der Waals surface area contributed by atoms with Crippen molar-refractivity contribution in [2.24, 2.45) is 5.14 Å². The molecule has 0 bridgehead atoms. The molecule has 3 aromatic rings. The molecule has 1 heterocycles. The minimum atomic E-state index is -3.75. The second-order valence-corrected chi connectivity index (χ2v) is 6.51. The van der Waals surface area contributed by atoms with Gasteiger partial charge in [0.15, 0.2) is 5.43 Å². The third-order valence-electron chi connectivity index (χ3n) is 3.47. The van der Waals surface area contributed by atoms with Gasteiger partial charge in [0.2, 0.25) is 10.0 Å². The molecule has 3 rings (SSSR count). The number of rotatable bonds is 2. The molecule has 0 amide bonds. The Labute approximate surface area is 154 Å². The van der Waals surface area contributed by atoms with Crippen molar-refractivity contribution in [3.8, 4) is 11.3 Å². The van der Waals surface area contributed by atoms with Crippen molar-refractivity contribution >= 4 is 21.0 Å². The van der Waals surface area contributed by atoms with E-state index in [-0.39, 0.29) is 10.3 Å². The maximum Gasteiger partial charge on any atom is 0.238 e. The fourth-order valence-corrected chi connectivity index (χ4v) is 2.82. The maximum absolute atomic E-state index is 12.4. The van der Waals surface area contributed by atoms with Gasteiger partial charge in [-0.15, -0.1) is 0 Å². The normalized spacial score (nSPS) is 10.4. The van der Waals surface area contributed by atoms with E-state index in [0.29, 0.717) is 27.9 Å². The Hall–Kier alpha value is -2.44. The lowest BCUT2D eigenvalue weighted by atomic mass is 10.1. The molecule has 0 aliphatic carbocycles. The van der Waals surface area contributed by atoms with E-state index in [4.69, 9.17) is 9.56 Å². The molecule has 0 atom stereocenters. The molecule has 0 aliphatic rings. The minimum absolute atomic E-state index is 0.0111. The Kier molecular flexibility index (Phi) is 7.74. The highest BCUT2D eigenvalue weighted by atomic mass is 32.2. The Morgan fingerprint density at radius 2 is 1.42 bits per heavy atom. The topological polar surface area (TPSA) is 90.4 Å². The van der Waals surface area contributed by atoms with Crippen LogP contribution in [0.4, 0.5) is 0 Å². The van der Waals surface area contributed by atoms with Gasteiger partial charge >= 0.3 is 0 Å². The van der Waals surface area contributed by atoms with Gasteiger partial charge < -0.3 is 4.42 Å². The van der Waals surface area contributed by atoms with Gasteiger partial charge in [0.1, 0.15) is 11.3 Å². The molecule has 5 nitrogen and oxygen atoms in total. The summed E-state index contributed by atoms with van der Waals surface area (Å²) in [5.41, 5.74) is 1.48. The number of fused-ring (bicyclic) bond motifs is 1. The largest absolute Gasteiger partial charge is 0.456 e. The van der Waals surface area contributed by atoms with Gasteiger partial charge in [0, 0.05) is 11.1 Å². The second-order valence-electron chi connectivity index (χ2n) is 4.95. The van der Waals surface area contributed by atoms with Gasteiger partial charge in [-0.2, -0.15) is 0 Å². The van der Waals surface area contributed by atoms with Crippen LogP contribution in [-0.2, 0) is 10.0 Å². The van der Waals surface area contributed by atoms with Crippen LogP contribution >= 0.6 is 0 Å². The van der Waals surface area contributed by atoms with E-state index in [1.54, 1.807) is 43.3 Å². The molecule has 0 radical (unpaired) electrons. The summed E-state index contributed by atoms with van der Waals surface area (Å²) >= 11 is 0. The van der Waals surface area contributed by atoms with E-state index in [1.807, 2.05) is 27.7 Å². The van der Waals surface area contributed by atoms with Gasteiger partial charge in [-0.1, -0.05) is 39.8 Å². The number of para-hydroxylation sites is 1. The van der Waals surface area contributed by atoms with E-state index >= 15 is 0 Å². The fourth-order valence-electron chi connectivity index (χ4n) is 2.31. The van der Waals surface area contributed by atoms with Crippen molar-refractivity contribution < 1.29 is 12.8 Å². The van der Waals surface area contributed by atoms with Crippen LogP contribution in [0.1, 0.15) is 33.3 Å². The monoisotopic (exact) mass is 375 g/mol. The van der Waals surface area contributed by atoms with Crippen molar-refractivity contribution in [3.63, 3.8) is 0 Å². The van der Waals surface area contributed by atoms with Crippen LogP contribution in [0.3, 0.4) is 0 Å². The van der Waals surface area contributed by atoms with Crippen molar-refractivity contribution in [3.05, 3.63) is 64.3 Å². The highest BCUT2D eigenvalue weighted by Gasteiger charge is 2.13. The zero-order valence-corrected chi connectivity index (χ0v) is 16.6. The molecule has 0 aliphatic heterocycles. The van der Waals surface area contributed by atoms with Gasteiger partial charge in [-0.05, 0) is 43.3 Å². The van der Waals surface area contributed by atoms with Crippen LogP contribution in [0.5, 0.6) is 0 Å². The fraction of sp³-hybridized carbons (Fsp3) is 0.250. The number of nitrogens with two attached hydrogens (primary N) is 1. The lowest BCUT2D eigenvalue weighted by molar-refractivity contribution is 0.597. The molecule has 140 valence electrons. The first-order valence-corrected chi connectivity index (χ1v) is 10.1. The lowest BCUT2D eigenvalue weighted by Crippen LogP contribution is -2.12. The molecule has 0 spiro atoms. The molecule has 0 saturated carbocycles. The third kappa shape index (κ3) is 4.59. The first-order chi connectivity index (χ1) is 12.4.